The zero-order valence-corrected chi connectivity index (χ0v) is 8.63. The highest BCUT2D eigenvalue weighted by Gasteiger charge is 2.06. The minimum atomic E-state index is -0.0253. The van der Waals surface area contributed by atoms with Crippen molar-refractivity contribution in [3.05, 3.63) is 0 Å². The Hall–Kier alpha value is -0.610. The van der Waals surface area contributed by atoms with E-state index in [0.29, 0.717) is 0 Å². The molecule has 2 atom stereocenters. The van der Waals surface area contributed by atoms with Gasteiger partial charge < -0.3 is 15.7 Å². The summed E-state index contributed by atoms with van der Waals surface area (Å²) in [6.07, 6.45) is 0.932. The number of amides is 1. The van der Waals surface area contributed by atoms with Gasteiger partial charge in [-0.25, -0.2) is 0 Å². The van der Waals surface area contributed by atoms with E-state index in [9.17, 15) is 4.79 Å². The summed E-state index contributed by atoms with van der Waals surface area (Å²) < 4.78 is 0. The SMILES string of the molecule is CCC(C)NC(=O)CNC(C)CO. The maximum absolute atomic E-state index is 11.2. The molecule has 0 bridgehead atoms. The molecule has 1 amide bonds. The number of rotatable bonds is 6. The molecule has 4 heteroatoms. The highest BCUT2D eigenvalue weighted by molar-refractivity contribution is 5.78. The van der Waals surface area contributed by atoms with Crippen molar-refractivity contribution in [2.45, 2.75) is 39.3 Å². The van der Waals surface area contributed by atoms with E-state index >= 15 is 0 Å². The van der Waals surface area contributed by atoms with E-state index in [4.69, 9.17) is 5.11 Å². The lowest BCUT2D eigenvalue weighted by Crippen LogP contribution is -2.42. The van der Waals surface area contributed by atoms with E-state index in [-0.39, 0.29) is 31.1 Å². The zero-order chi connectivity index (χ0) is 10.3. The first-order chi connectivity index (χ1) is 6.10. The van der Waals surface area contributed by atoms with Crippen molar-refractivity contribution in [1.29, 1.82) is 0 Å². The van der Waals surface area contributed by atoms with Crippen LogP contribution in [0.1, 0.15) is 27.2 Å². The molecule has 78 valence electrons. The van der Waals surface area contributed by atoms with E-state index in [2.05, 4.69) is 10.6 Å². The van der Waals surface area contributed by atoms with Crippen molar-refractivity contribution in [1.82, 2.24) is 10.6 Å². The van der Waals surface area contributed by atoms with Gasteiger partial charge in [-0.1, -0.05) is 6.92 Å². The fraction of sp³-hybridized carbons (Fsp3) is 0.889. The highest BCUT2D eigenvalue weighted by atomic mass is 16.3. The Kier molecular flexibility index (Phi) is 6.54. The highest BCUT2D eigenvalue weighted by Crippen LogP contribution is 1.86. The predicted octanol–water partition coefficient (Wildman–Crippen LogP) is -0.128. The summed E-state index contributed by atoms with van der Waals surface area (Å²) in [6, 6.07) is 0.196. The van der Waals surface area contributed by atoms with Gasteiger partial charge in [0.25, 0.3) is 0 Å². The quantitative estimate of drug-likeness (QED) is 0.544. The van der Waals surface area contributed by atoms with Gasteiger partial charge in [0.05, 0.1) is 13.2 Å². The average molecular weight is 188 g/mol. The van der Waals surface area contributed by atoms with E-state index in [1.165, 1.54) is 0 Å². The first-order valence-electron chi connectivity index (χ1n) is 4.73. The minimum absolute atomic E-state index is 0.0188. The minimum Gasteiger partial charge on any atom is -0.395 e. The van der Waals surface area contributed by atoms with E-state index < -0.39 is 0 Å². The summed E-state index contributed by atoms with van der Waals surface area (Å²) in [5.41, 5.74) is 0. The summed E-state index contributed by atoms with van der Waals surface area (Å²) in [5.74, 6) is -0.0188. The maximum Gasteiger partial charge on any atom is 0.234 e. The smallest absolute Gasteiger partial charge is 0.234 e. The Labute approximate surface area is 79.7 Å². The first kappa shape index (κ1) is 12.4. The van der Waals surface area contributed by atoms with Crippen LogP contribution in [0.25, 0.3) is 0 Å². The lowest BCUT2D eigenvalue weighted by molar-refractivity contribution is -0.121. The molecule has 0 spiro atoms. The molecule has 0 aromatic carbocycles. The molecule has 0 aliphatic heterocycles. The van der Waals surface area contributed by atoms with Crippen molar-refractivity contribution >= 4 is 5.91 Å². The van der Waals surface area contributed by atoms with Crippen molar-refractivity contribution in [2.75, 3.05) is 13.2 Å². The number of carbonyl (C=O) groups is 1. The molecule has 0 aliphatic carbocycles. The molecule has 0 radical (unpaired) electrons. The topological polar surface area (TPSA) is 61.4 Å². The fourth-order valence-electron chi connectivity index (χ4n) is 0.759. The average Bonchev–Trinajstić information content (AvgIpc) is 2.13. The summed E-state index contributed by atoms with van der Waals surface area (Å²) in [4.78, 5) is 11.2. The summed E-state index contributed by atoms with van der Waals surface area (Å²) in [6.45, 7) is 6.14. The third kappa shape index (κ3) is 6.54. The lowest BCUT2D eigenvalue weighted by Gasteiger charge is -2.13. The number of nitrogens with one attached hydrogen (secondary N) is 2. The lowest BCUT2D eigenvalue weighted by atomic mass is 10.2. The van der Waals surface area contributed by atoms with Crippen LogP contribution in [0.3, 0.4) is 0 Å². The Bertz CT molecular complexity index is 151. The molecule has 0 aromatic heterocycles. The Morgan fingerprint density at radius 3 is 2.46 bits per heavy atom. The van der Waals surface area contributed by atoms with E-state index in [0.717, 1.165) is 6.42 Å². The number of hydrogen-bond acceptors (Lipinski definition) is 3. The van der Waals surface area contributed by atoms with Gasteiger partial charge in [0.15, 0.2) is 0 Å². The van der Waals surface area contributed by atoms with Crippen molar-refractivity contribution in [3.63, 3.8) is 0 Å². The van der Waals surface area contributed by atoms with Crippen molar-refractivity contribution < 1.29 is 9.90 Å². The van der Waals surface area contributed by atoms with Crippen LogP contribution in [0, 0.1) is 0 Å². The van der Waals surface area contributed by atoms with Gasteiger partial charge in [-0.3, -0.25) is 4.79 Å². The summed E-state index contributed by atoms with van der Waals surface area (Å²) in [5, 5.41) is 14.4. The molecule has 0 saturated carbocycles. The van der Waals surface area contributed by atoms with E-state index in [1.807, 2.05) is 20.8 Å². The van der Waals surface area contributed by atoms with Gasteiger partial charge in [0.2, 0.25) is 5.91 Å². The largest absolute Gasteiger partial charge is 0.395 e. The van der Waals surface area contributed by atoms with Crippen LogP contribution >= 0.6 is 0 Å². The van der Waals surface area contributed by atoms with Crippen LogP contribution in [-0.4, -0.2) is 36.2 Å². The fourth-order valence-corrected chi connectivity index (χ4v) is 0.759. The van der Waals surface area contributed by atoms with Gasteiger partial charge >= 0.3 is 0 Å². The van der Waals surface area contributed by atoms with Crippen LogP contribution < -0.4 is 10.6 Å². The van der Waals surface area contributed by atoms with Gasteiger partial charge in [0.1, 0.15) is 0 Å². The van der Waals surface area contributed by atoms with Crippen LogP contribution in [0.4, 0.5) is 0 Å². The number of aliphatic hydroxyl groups excluding tert-OH is 1. The van der Waals surface area contributed by atoms with Gasteiger partial charge in [0, 0.05) is 12.1 Å². The third-order valence-corrected chi connectivity index (χ3v) is 1.90. The van der Waals surface area contributed by atoms with Gasteiger partial charge in [-0.05, 0) is 20.3 Å². The number of aliphatic hydroxyl groups is 1. The second-order valence-electron chi connectivity index (χ2n) is 3.34. The molecule has 4 nitrogen and oxygen atoms in total. The Morgan fingerprint density at radius 1 is 1.38 bits per heavy atom. The molecule has 0 saturated heterocycles. The van der Waals surface area contributed by atoms with Crippen molar-refractivity contribution in [2.24, 2.45) is 0 Å². The summed E-state index contributed by atoms with van der Waals surface area (Å²) in [7, 11) is 0. The van der Waals surface area contributed by atoms with Crippen LogP contribution in [0.5, 0.6) is 0 Å². The predicted molar refractivity (Wildman–Crippen MR) is 52.4 cm³/mol. The maximum atomic E-state index is 11.2. The molecule has 2 unspecified atom stereocenters. The monoisotopic (exact) mass is 188 g/mol. The van der Waals surface area contributed by atoms with Crippen LogP contribution in [-0.2, 0) is 4.79 Å². The zero-order valence-electron chi connectivity index (χ0n) is 8.63. The number of carbonyl (C=O) groups excluding carboxylic acids is 1. The molecule has 0 rings (SSSR count). The second kappa shape index (κ2) is 6.86. The van der Waals surface area contributed by atoms with Crippen LogP contribution in [0.15, 0.2) is 0 Å². The Morgan fingerprint density at radius 2 is 2.00 bits per heavy atom. The molecule has 0 heterocycles. The number of hydrogen-bond donors (Lipinski definition) is 3. The molecule has 0 aliphatic rings. The molecular weight excluding hydrogens is 168 g/mol. The molecule has 0 fully saturated rings. The van der Waals surface area contributed by atoms with E-state index in [1.54, 1.807) is 0 Å². The standard InChI is InChI=1S/C9H20N2O2/c1-4-7(2)11-9(13)5-10-8(3)6-12/h7-8,10,12H,4-6H2,1-3H3,(H,11,13). The van der Waals surface area contributed by atoms with Crippen molar-refractivity contribution in [3.8, 4) is 0 Å². The Balaban J connectivity index is 3.51. The van der Waals surface area contributed by atoms with Gasteiger partial charge in [-0.15, -0.1) is 0 Å². The van der Waals surface area contributed by atoms with Gasteiger partial charge in [-0.2, -0.15) is 0 Å². The molecule has 13 heavy (non-hydrogen) atoms. The third-order valence-electron chi connectivity index (χ3n) is 1.90. The molecular formula is C9H20N2O2. The summed E-state index contributed by atoms with van der Waals surface area (Å²) >= 11 is 0. The first-order valence-corrected chi connectivity index (χ1v) is 4.73. The second-order valence-corrected chi connectivity index (χ2v) is 3.34. The normalized spacial score (nSPS) is 15.1. The van der Waals surface area contributed by atoms with Crippen LogP contribution in [0.2, 0.25) is 0 Å². The molecule has 0 aromatic rings. The molecule has 3 N–H and O–H groups in total.